The van der Waals surface area contributed by atoms with Gasteiger partial charge in [-0.1, -0.05) is 24.3 Å². The Morgan fingerprint density at radius 2 is 1.45 bits per heavy atom. The van der Waals surface area contributed by atoms with E-state index in [0.717, 1.165) is 0 Å². The monoisotopic (exact) mass is 463 g/mol. The zero-order valence-corrected chi connectivity index (χ0v) is 18.5. The highest BCUT2D eigenvalue weighted by atomic mass is 32.1. The molecule has 2 amide bonds. The summed E-state index contributed by atoms with van der Waals surface area (Å²) < 4.78 is 10.1. The summed E-state index contributed by atoms with van der Waals surface area (Å²) >= 11 is 5.20. The minimum absolute atomic E-state index is 0.0768. The maximum absolute atomic E-state index is 12.4. The lowest BCUT2D eigenvalue weighted by Gasteiger charge is -2.12. The number of esters is 1. The molecule has 0 spiro atoms. The van der Waals surface area contributed by atoms with Crippen molar-refractivity contribution in [1.82, 2.24) is 5.32 Å². The van der Waals surface area contributed by atoms with Crippen molar-refractivity contribution in [3.63, 3.8) is 0 Å². The molecule has 3 rings (SSSR count). The van der Waals surface area contributed by atoms with E-state index in [9.17, 15) is 14.4 Å². The number of benzene rings is 3. The van der Waals surface area contributed by atoms with Crippen LogP contribution < -0.4 is 20.7 Å². The van der Waals surface area contributed by atoms with E-state index in [1.807, 2.05) is 18.2 Å². The Hall–Kier alpha value is -4.24. The number of anilines is 2. The maximum Gasteiger partial charge on any atom is 0.337 e. The first-order valence-corrected chi connectivity index (χ1v) is 10.2. The van der Waals surface area contributed by atoms with Gasteiger partial charge in [0.1, 0.15) is 5.75 Å². The van der Waals surface area contributed by atoms with Gasteiger partial charge in [0.15, 0.2) is 11.7 Å². The molecule has 0 saturated carbocycles. The molecule has 168 valence electrons. The Labute approximate surface area is 195 Å². The Morgan fingerprint density at radius 3 is 2.12 bits per heavy atom. The van der Waals surface area contributed by atoms with E-state index in [2.05, 4.69) is 20.7 Å². The van der Waals surface area contributed by atoms with Gasteiger partial charge in [0.25, 0.3) is 11.8 Å². The second-order valence-corrected chi connectivity index (χ2v) is 7.12. The van der Waals surface area contributed by atoms with E-state index >= 15 is 0 Å². The summed E-state index contributed by atoms with van der Waals surface area (Å²) in [5, 5.41) is 8.28. The van der Waals surface area contributed by atoms with Gasteiger partial charge in [-0.2, -0.15) is 0 Å². The molecule has 3 aromatic rings. The molecule has 0 aliphatic rings. The molecule has 0 aliphatic heterocycles. The zero-order valence-electron chi connectivity index (χ0n) is 17.7. The number of rotatable bonds is 7. The molecule has 0 atom stereocenters. The molecule has 0 aliphatic carbocycles. The predicted octanol–water partition coefficient (Wildman–Crippen LogP) is 3.62. The molecule has 0 radical (unpaired) electrons. The zero-order chi connectivity index (χ0) is 23.6. The number of amides is 2. The molecule has 0 fully saturated rings. The Bertz CT molecular complexity index is 1150. The maximum atomic E-state index is 12.4. The molecule has 3 aromatic carbocycles. The third-order valence-electron chi connectivity index (χ3n) is 4.31. The van der Waals surface area contributed by atoms with Crippen LogP contribution in [0, 0.1) is 0 Å². The predicted molar refractivity (Wildman–Crippen MR) is 128 cm³/mol. The third kappa shape index (κ3) is 7.15. The highest BCUT2D eigenvalue weighted by molar-refractivity contribution is 7.80. The lowest BCUT2D eigenvalue weighted by Crippen LogP contribution is -2.34. The van der Waals surface area contributed by atoms with Crippen molar-refractivity contribution >= 4 is 46.5 Å². The fourth-order valence-electron chi connectivity index (χ4n) is 2.75. The molecular weight excluding hydrogens is 442 g/mol. The van der Waals surface area contributed by atoms with Crippen molar-refractivity contribution in [1.29, 1.82) is 0 Å². The number of hydrogen-bond donors (Lipinski definition) is 3. The second kappa shape index (κ2) is 11.4. The molecule has 8 nitrogen and oxygen atoms in total. The number of nitrogens with one attached hydrogen (secondary N) is 3. The number of hydrogen-bond acceptors (Lipinski definition) is 6. The average Bonchev–Trinajstić information content (AvgIpc) is 2.83. The summed E-state index contributed by atoms with van der Waals surface area (Å²) in [6, 6.07) is 21.9. The van der Waals surface area contributed by atoms with Gasteiger partial charge in [-0.25, -0.2) is 4.79 Å². The molecule has 0 heterocycles. The lowest BCUT2D eigenvalue weighted by molar-refractivity contribution is -0.118. The molecule has 33 heavy (non-hydrogen) atoms. The van der Waals surface area contributed by atoms with Crippen LogP contribution in [0.15, 0.2) is 78.9 Å². The van der Waals surface area contributed by atoms with Crippen LogP contribution >= 0.6 is 12.2 Å². The van der Waals surface area contributed by atoms with Gasteiger partial charge in [-0.05, 0) is 66.8 Å². The standard InChI is InChI=1S/C24H21N3O5S/c1-31-23(30)17-12-10-16(11-13-17)22(29)27-24(33)26-19-7-5-6-18(14-19)25-21(28)15-32-20-8-3-2-4-9-20/h2-14H,15H2,1H3,(H,25,28)(H2,26,27,29,33). The lowest BCUT2D eigenvalue weighted by atomic mass is 10.1. The van der Waals surface area contributed by atoms with E-state index in [1.165, 1.54) is 31.4 Å². The molecule has 0 bridgehead atoms. The number of methoxy groups -OCH3 is 1. The normalized spacial score (nSPS) is 9.97. The van der Waals surface area contributed by atoms with Crippen LogP contribution in [0.3, 0.4) is 0 Å². The molecule has 0 aromatic heterocycles. The van der Waals surface area contributed by atoms with Gasteiger partial charge >= 0.3 is 5.97 Å². The molecule has 3 N–H and O–H groups in total. The molecular formula is C24H21N3O5S. The summed E-state index contributed by atoms with van der Waals surface area (Å²) in [6.07, 6.45) is 0. The van der Waals surface area contributed by atoms with E-state index < -0.39 is 11.9 Å². The summed E-state index contributed by atoms with van der Waals surface area (Å²) in [5.41, 5.74) is 1.77. The topological polar surface area (TPSA) is 106 Å². The van der Waals surface area contributed by atoms with Crippen molar-refractivity contribution in [2.24, 2.45) is 0 Å². The van der Waals surface area contributed by atoms with Gasteiger partial charge < -0.3 is 20.1 Å². The summed E-state index contributed by atoms with van der Waals surface area (Å²) in [7, 11) is 1.28. The van der Waals surface area contributed by atoms with Crippen LogP contribution in [0.1, 0.15) is 20.7 Å². The summed E-state index contributed by atoms with van der Waals surface area (Å²) in [4.78, 5) is 36.0. The highest BCUT2D eigenvalue weighted by Crippen LogP contribution is 2.16. The summed E-state index contributed by atoms with van der Waals surface area (Å²) in [5.74, 6) is -0.643. The average molecular weight is 464 g/mol. The van der Waals surface area contributed by atoms with Crippen LogP contribution in [0.4, 0.5) is 11.4 Å². The molecule has 0 unspecified atom stereocenters. The number of para-hydroxylation sites is 1. The van der Waals surface area contributed by atoms with Crippen LogP contribution in [-0.4, -0.2) is 36.6 Å². The fraction of sp³-hybridized carbons (Fsp3) is 0.0833. The molecule has 0 saturated heterocycles. The first-order chi connectivity index (χ1) is 15.9. The minimum atomic E-state index is -0.488. The van der Waals surface area contributed by atoms with Crippen molar-refractivity contribution in [2.75, 3.05) is 24.4 Å². The van der Waals surface area contributed by atoms with Gasteiger partial charge in [0.05, 0.1) is 12.7 Å². The second-order valence-electron chi connectivity index (χ2n) is 6.71. The largest absolute Gasteiger partial charge is 0.484 e. The van der Waals surface area contributed by atoms with Crippen molar-refractivity contribution in [3.8, 4) is 5.75 Å². The van der Waals surface area contributed by atoms with Crippen LogP contribution in [-0.2, 0) is 9.53 Å². The van der Waals surface area contributed by atoms with Gasteiger partial charge in [0.2, 0.25) is 0 Å². The third-order valence-corrected chi connectivity index (χ3v) is 4.52. The van der Waals surface area contributed by atoms with Crippen molar-refractivity contribution in [3.05, 3.63) is 90.0 Å². The SMILES string of the molecule is COC(=O)c1ccc(C(=O)NC(=S)Nc2cccc(NC(=O)COc3ccccc3)c2)cc1. The Morgan fingerprint density at radius 1 is 0.818 bits per heavy atom. The van der Waals surface area contributed by atoms with Crippen LogP contribution in [0.2, 0.25) is 0 Å². The quantitative estimate of drug-likeness (QED) is 0.363. The number of carbonyl (C=O) groups excluding carboxylic acids is 3. The fourth-order valence-corrected chi connectivity index (χ4v) is 2.96. The smallest absolute Gasteiger partial charge is 0.337 e. The van der Waals surface area contributed by atoms with Crippen molar-refractivity contribution in [2.45, 2.75) is 0 Å². The van der Waals surface area contributed by atoms with E-state index in [-0.39, 0.29) is 17.6 Å². The first-order valence-electron chi connectivity index (χ1n) is 9.83. The number of ether oxygens (including phenoxy) is 2. The van der Waals surface area contributed by atoms with Crippen LogP contribution in [0.25, 0.3) is 0 Å². The van der Waals surface area contributed by atoms with Crippen LogP contribution in [0.5, 0.6) is 5.75 Å². The van der Waals surface area contributed by atoms with Crippen molar-refractivity contribution < 1.29 is 23.9 Å². The Kier molecular flexibility index (Phi) is 8.09. The minimum Gasteiger partial charge on any atom is -0.484 e. The highest BCUT2D eigenvalue weighted by Gasteiger charge is 2.11. The number of thiocarbonyl (C=S) groups is 1. The number of carbonyl (C=O) groups is 3. The van der Waals surface area contributed by atoms with E-state index in [1.54, 1.807) is 36.4 Å². The van der Waals surface area contributed by atoms with Gasteiger partial charge in [0, 0.05) is 16.9 Å². The first kappa shape index (κ1) is 23.4. The molecule has 9 heteroatoms. The van der Waals surface area contributed by atoms with Gasteiger partial charge in [-0.15, -0.1) is 0 Å². The van der Waals surface area contributed by atoms with E-state index in [4.69, 9.17) is 17.0 Å². The Balaban J connectivity index is 1.51. The van der Waals surface area contributed by atoms with Gasteiger partial charge in [-0.3, -0.25) is 14.9 Å². The summed E-state index contributed by atoms with van der Waals surface area (Å²) in [6.45, 7) is -0.134. The van der Waals surface area contributed by atoms with E-state index in [0.29, 0.717) is 28.3 Å².